The molecule has 0 saturated carbocycles. The molecule has 1 aromatic heterocycles. The summed E-state index contributed by atoms with van der Waals surface area (Å²) in [5.41, 5.74) is 1.69. The molecule has 23 heavy (non-hydrogen) atoms. The Hall–Kier alpha value is -1.78. The fraction of sp³-hybridized carbons (Fsp3) is 0.294. The molecule has 0 spiro atoms. The highest BCUT2D eigenvalue weighted by molar-refractivity contribution is 6.39. The van der Waals surface area contributed by atoms with E-state index in [0.29, 0.717) is 21.4 Å². The summed E-state index contributed by atoms with van der Waals surface area (Å²) in [5.74, 6) is -0.345. The van der Waals surface area contributed by atoms with Crippen LogP contribution in [0.1, 0.15) is 30.3 Å². The number of aromatic nitrogens is 1. The molecule has 1 N–H and O–H groups in total. The average Bonchev–Trinajstić information content (AvgIpc) is 2.56. The number of benzene rings is 1. The molecule has 0 unspecified atom stereocenters. The number of amides is 1. The number of unbranched alkanes of at least 4 members (excludes halogenated alkanes) is 1. The van der Waals surface area contributed by atoms with Crippen LogP contribution in [0.2, 0.25) is 10.0 Å². The highest BCUT2D eigenvalue weighted by Gasteiger charge is 2.13. The van der Waals surface area contributed by atoms with Crippen LogP contribution in [-0.4, -0.2) is 24.5 Å². The summed E-state index contributed by atoms with van der Waals surface area (Å²) in [6.45, 7) is 3.11. The smallest absolute Gasteiger partial charge is 0.274 e. The standard InChI is InChI=1S/C17H19Cl2N3O/c1-3-4-10-22(2)12-8-9-15(20-11-12)17(23)21-16-13(18)6-5-7-14(16)19/h5-9,11H,3-4,10H2,1-2H3,(H,21,23). The van der Waals surface area contributed by atoms with Crippen molar-refractivity contribution in [2.24, 2.45) is 0 Å². The second-order valence-electron chi connectivity index (χ2n) is 5.23. The Kier molecular flexibility index (Phi) is 6.25. The van der Waals surface area contributed by atoms with Gasteiger partial charge in [0.15, 0.2) is 0 Å². The van der Waals surface area contributed by atoms with Gasteiger partial charge < -0.3 is 10.2 Å². The lowest BCUT2D eigenvalue weighted by molar-refractivity contribution is 0.102. The molecule has 1 heterocycles. The Bertz CT molecular complexity index is 654. The molecule has 2 rings (SSSR count). The molecule has 1 aromatic carbocycles. The molecular formula is C17H19Cl2N3O. The quantitative estimate of drug-likeness (QED) is 0.806. The minimum atomic E-state index is -0.345. The maximum Gasteiger partial charge on any atom is 0.274 e. The van der Waals surface area contributed by atoms with Crippen LogP contribution >= 0.6 is 23.2 Å². The molecule has 0 bridgehead atoms. The molecule has 0 aliphatic carbocycles. The minimum absolute atomic E-state index is 0.314. The van der Waals surface area contributed by atoms with Gasteiger partial charge in [0.05, 0.1) is 27.6 Å². The number of nitrogens with one attached hydrogen (secondary N) is 1. The first-order valence-corrected chi connectivity index (χ1v) is 8.21. The predicted octanol–water partition coefficient (Wildman–Crippen LogP) is 4.88. The van der Waals surface area contributed by atoms with Crippen molar-refractivity contribution in [3.8, 4) is 0 Å². The van der Waals surface area contributed by atoms with Crippen molar-refractivity contribution in [2.75, 3.05) is 23.8 Å². The average molecular weight is 352 g/mol. The van der Waals surface area contributed by atoms with Gasteiger partial charge in [0, 0.05) is 13.6 Å². The molecule has 1 amide bonds. The van der Waals surface area contributed by atoms with Gasteiger partial charge in [0.1, 0.15) is 5.69 Å². The molecule has 0 atom stereocenters. The summed E-state index contributed by atoms with van der Waals surface area (Å²) in [4.78, 5) is 18.6. The fourth-order valence-electron chi connectivity index (χ4n) is 2.07. The molecule has 0 aliphatic heterocycles. The first-order valence-electron chi connectivity index (χ1n) is 7.45. The molecule has 4 nitrogen and oxygen atoms in total. The largest absolute Gasteiger partial charge is 0.373 e. The highest BCUT2D eigenvalue weighted by atomic mass is 35.5. The third-order valence-corrected chi connectivity index (χ3v) is 4.10. The van der Waals surface area contributed by atoms with Crippen LogP contribution in [0.15, 0.2) is 36.5 Å². The molecule has 0 fully saturated rings. The number of pyridine rings is 1. The van der Waals surface area contributed by atoms with Gasteiger partial charge in [-0.05, 0) is 30.7 Å². The zero-order valence-corrected chi connectivity index (χ0v) is 14.7. The number of nitrogens with zero attached hydrogens (tertiary/aromatic N) is 2. The van der Waals surface area contributed by atoms with Gasteiger partial charge in [-0.1, -0.05) is 42.6 Å². The summed E-state index contributed by atoms with van der Waals surface area (Å²) in [6, 6.07) is 8.63. The first-order chi connectivity index (χ1) is 11.0. The maximum atomic E-state index is 12.3. The Morgan fingerprint density at radius 3 is 2.48 bits per heavy atom. The van der Waals surface area contributed by atoms with E-state index in [0.717, 1.165) is 25.1 Å². The summed E-state index contributed by atoms with van der Waals surface area (Å²) in [7, 11) is 2.01. The SMILES string of the molecule is CCCCN(C)c1ccc(C(=O)Nc2c(Cl)cccc2Cl)nc1. The molecule has 2 aromatic rings. The molecule has 0 aliphatic rings. The van der Waals surface area contributed by atoms with Gasteiger partial charge >= 0.3 is 0 Å². The van der Waals surface area contributed by atoms with Gasteiger partial charge in [0.25, 0.3) is 5.91 Å². The van der Waals surface area contributed by atoms with Crippen molar-refractivity contribution < 1.29 is 4.79 Å². The van der Waals surface area contributed by atoms with Gasteiger partial charge in [-0.3, -0.25) is 4.79 Å². The number of para-hydroxylation sites is 1. The van der Waals surface area contributed by atoms with E-state index in [1.807, 2.05) is 13.1 Å². The van der Waals surface area contributed by atoms with Crippen LogP contribution < -0.4 is 10.2 Å². The van der Waals surface area contributed by atoms with Gasteiger partial charge in [0.2, 0.25) is 0 Å². The highest BCUT2D eigenvalue weighted by Crippen LogP contribution is 2.30. The lowest BCUT2D eigenvalue weighted by atomic mass is 10.2. The monoisotopic (exact) mass is 351 g/mol. The minimum Gasteiger partial charge on any atom is -0.373 e. The lowest BCUT2D eigenvalue weighted by Crippen LogP contribution is -2.19. The topological polar surface area (TPSA) is 45.2 Å². The van der Waals surface area contributed by atoms with Crippen LogP contribution in [-0.2, 0) is 0 Å². The molecule has 122 valence electrons. The number of carbonyl (C=O) groups excluding carboxylic acids is 1. The zero-order valence-electron chi connectivity index (χ0n) is 13.1. The van der Waals surface area contributed by atoms with Crippen LogP contribution in [0.5, 0.6) is 0 Å². The number of hydrogen-bond acceptors (Lipinski definition) is 3. The predicted molar refractivity (Wildman–Crippen MR) is 96.8 cm³/mol. The van der Waals surface area contributed by atoms with E-state index in [9.17, 15) is 4.79 Å². The van der Waals surface area contributed by atoms with Crippen LogP contribution in [0, 0.1) is 0 Å². The third-order valence-electron chi connectivity index (χ3n) is 3.47. The number of carbonyl (C=O) groups is 1. The zero-order chi connectivity index (χ0) is 16.8. The summed E-state index contributed by atoms with van der Waals surface area (Å²) in [6.07, 6.45) is 3.94. The van der Waals surface area contributed by atoms with E-state index >= 15 is 0 Å². The fourth-order valence-corrected chi connectivity index (χ4v) is 2.56. The van der Waals surface area contributed by atoms with Crippen molar-refractivity contribution in [3.05, 3.63) is 52.3 Å². The van der Waals surface area contributed by atoms with Crippen LogP contribution in [0.3, 0.4) is 0 Å². The number of hydrogen-bond donors (Lipinski definition) is 1. The van der Waals surface area contributed by atoms with Crippen LogP contribution in [0.25, 0.3) is 0 Å². The lowest BCUT2D eigenvalue weighted by Gasteiger charge is -2.18. The van der Waals surface area contributed by atoms with E-state index in [4.69, 9.17) is 23.2 Å². The molecule has 6 heteroatoms. The van der Waals surface area contributed by atoms with E-state index < -0.39 is 0 Å². The third kappa shape index (κ3) is 4.60. The van der Waals surface area contributed by atoms with Crippen molar-refractivity contribution >= 4 is 40.5 Å². The van der Waals surface area contributed by atoms with E-state index in [2.05, 4.69) is 22.1 Å². The van der Waals surface area contributed by atoms with Crippen molar-refractivity contribution in [1.29, 1.82) is 0 Å². The first kappa shape index (κ1) is 17.6. The number of rotatable bonds is 6. The Labute approximate surface area is 146 Å². The summed E-state index contributed by atoms with van der Waals surface area (Å²) >= 11 is 12.1. The normalized spacial score (nSPS) is 10.4. The maximum absolute atomic E-state index is 12.3. The Balaban J connectivity index is 2.08. The second-order valence-corrected chi connectivity index (χ2v) is 6.04. The molecular weight excluding hydrogens is 333 g/mol. The van der Waals surface area contributed by atoms with Gasteiger partial charge in [-0.25, -0.2) is 4.98 Å². The van der Waals surface area contributed by atoms with Crippen LogP contribution in [0.4, 0.5) is 11.4 Å². The number of anilines is 2. The second kappa shape index (κ2) is 8.18. The van der Waals surface area contributed by atoms with E-state index in [1.54, 1.807) is 30.5 Å². The number of halogens is 2. The van der Waals surface area contributed by atoms with Crippen molar-refractivity contribution in [2.45, 2.75) is 19.8 Å². The van der Waals surface area contributed by atoms with Gasteiger partial charge in [-0.2, -0.15) is 0 Å². The van der Waals surface area contributed by atoms with Crippen molar-refractivity contribution in [3.63, 3.8) is 0 Å². The Morgan fingerprint density at radius 1 is 1.22 bits per heavy atom. The molecule has 0 saturated heterocycles. The van der Waals surface area contributed by atoms with Crippen molar-refractivity contribution in [1.82, 2.24) is 4.98 Å². The van der Waals surface area contributed by atoms with E-state index in [1.165, 1.54) is 0 Å². The summed E-state index contributed by atoms with van der Waals surface area (Å²) < 4.78 is 0. The van der Waals surface area contributed by atoms with Gasteiger partial charge in [-0.15, -0.1) is 0 Å². The van der Waals surface area contributed by atoms with E-state index in [-0.39, 0.29) is 5.91 Å². The Morgan fingerprint density at radius 2 is 1.91 bits per heavy atom. The summed E-state index contributed by atoms with van der Waals surface area (Å²) in [5, 5.41) is 3.48. The molecule has 0 radical (unpaired) electrons.